The Morgan fingerprint density at radius 3 is 1.97 bits per heavy atom. The summed E-state index contributed by atoms with van der Waals surface area (Å²) in [7, 11) is 0. The number of carbonyl (C=O) groups excluding carboxylic acids is 1. The minimum absolute atomic E-state index is 0.00519. The largest absolute Gasteiger partial charge is 0.327 e. The fraction of sp³-hybridized carbons (Fsp3) is 0.136. The van der Waals surface area contributed by atoms with Crippen molar-refractivity contribution in [1.82, 2.24) is 4.90 Å². The molecule has 0 aromatic heterocycles. The van der Waals surface area contributed by atoms with Gasteiger partial charge in [0.1, 0.15) is 5.56 Å². The van der Waals surface area contributed by atoms with Gasteiger partial charge in [-0.05, 0) is 29.2 Å². The van der Waals surface area contributed by atoms with Gasteiger partial charge in [0.2, 0.25) is 5.82 Å². The van der Waals surface area contributed by atoms with E-state index < -0.39 is 46.6 Å². The summed E-state index contributed by atoms with van der Waals surface area (Å²) in [4.78, 5) is 14.2. The molecule has 3 aromatic carbocycles. The first-order chi connectivity index (χ1) is 14.3. The average molecular weight is 438 g/mol. The summed E-state index contributed by atoms with van der Waals surface area (Å²) >= 11 is 6.32. The van der Waals surface area contributed by atoms with E-state index in [9.17, 15) is 26.7 Å². The smallest absolute Gasteiger partial charge is 0.260 e. The number of hydrogen-bond acceptors (Lipinski definition) is 1. The molecule has 1 amide bonds. The van der Waals surface area contributed by atoms with Crippen LogP contribution in [0.4, 0.5) is 22.0 Å². The molecule has 8 heteroatoms. The molecule has 1 aliphatic heterocycles. The van der Waals surface area contributed by atoms with E-state index >= 15 is 0 Å². The lowest BCUT2D eigenvalue weighted by Crippen LogP contribution is -2.41. The number of amides is 1. The standard InChI is InChI=1S/C22H13ClF5NO/c23-14-8-4-3-7-13(14)21-12-6-2-1-5-11(12)9-10-29(21)22(30)15-16(24)18(26)20(28)19(27)17(15)25/h1-8,21H,9-10H2. The van der Waals surface area contributed by atoms with Gasteiger partial charge < -0.3 is 4.90 Å². The Bertz CT molecular complexity index is 1140. The summed E-state index contributed by atoms with van der Waals surface area (Å²) in [6, 6.07) is 12.9. The van der Waals surface area contributed by atoms with E-state index in [1.54, 1.807) is 36.4 Å². The second-order valence-electron chi connectivity index (χ2n) is 6.82. The molecule has 0 aliphatic carbocycles. The third kappa shape index (κ3) is 3.13. The van der Waals surface area contributed by atoms with Crippen LogP contribution in [-0.4, -0.2) is 17.4 Å². The molecule has 0 bridgehead atoms. The molecule has 0 saturated carbocycles. The molecule has 0 fully saturated rings. The van der Waals surface area contributed by atoms with E-state index in [1.165, 1.54) is 0 Å². The maximum atomic E-state index is 14.3. The van der Waals surface area contributed by atoms with Gasteiger partial charge >= 0.3 is 0 Å². The van der Waals surface area contributed by atoms with Crippen molar-refractivity contribution in [3.05, 3.63) is 105 Å². The van der Waals surface area contributed by atoms with Gasteiger partial charge in [0, 0.05) is 11.6 Å². The first kappa shape index (κ1) is 20.3. The molecule has 1 heterocycles. The zero-order valence-electron chi connectivity index (χ0n) is 15.2. The number of rotatable bonds is 2. The first-order valence-electron chi connectivity index (χ1n) is 8.97. The Hall–Kier alpha value is -2.93. The molecule has 0 saturated heterocycles. The number of hydrogen-bond donors (Lipinski definition) is 0. The van der Waals surface area contributed by atoms with Crippen LogP contribution in [0, 0.1) is 29.1 Å². The lowest BCUT2D eigenvalue weighted by molar-refractivity contribution is 0.0681. The molecule has 4 rings (SSSR count). The van der Waals surface area contributed by atoms with E-state index in [-0.39, 0.29) is 6.54 Å². The van der Waals surface area contributed by atoms with Crippen LogP contribution < -0.4 is 0 Å². The highest BCUT2D eigenvalue weighted by Gasteiger charge is 2.38. The van der Waals surface area contributed by atoms with Crippen LogP contribution in [0.2, 0.25) is 5.02 Å². The molecule has 1 aliphatic rings. The number of nitrogens with zero attached hydrogens (tertiary/aromatic N) is 1. The van der Waals surface area contributed by atoms with Gasteiger partial charge in [-0.1, -0.05) is 54.1 Å². The number of halogens is 6. The van der Waals surface area contributed by atoms with E-state index in [2.05, 4.69) is 0 Å². The van der Waals surface area contributed by atoms with Crippen LogP contribution in [0.3, 0.4) is 0 Å². The summed E-state index contributed by atoms with van der Waals surface area (Å²) < 4.78 is 69.5. The maximum Gasteiger partial charge on any atom is 0.260 e. The van der Waals surface area contributed by atoms with Crippen LogP contribution in [-0.2, 0) is 6.42 Å². The van der Waals surface area contributed by atoms with E-state index in [0.29, 0.717) is 22.6 Å². The van der Waals surface area contributed by atoms with Crippen molar-refractivity contribution < 1.29 is 26.7 Å². The Balaban J connectivity index is 1.90. The maximum absolute atomic E-state index is 14.3. The number of benzene rings is 3. The zero-order chi connectivity index (χ0) is 21.6. The van der Waals surface area contributed by atoms with Crippen molar-refractivity contribution in [2.24, 2.45) is 0 Å². The normalized spacial score (nSPS) is 15.8. The molecule has 0 spiro atoms. The quantitative estimate of drug-likeness (QED) is 0.281. The van der Waals surface area contributed by atoms with Crippen LogP contribution in [0.25, 0.3) is 0 Å². The summed E-state index contributed by atoms with van der Waals surface area (Å²) in [5, 5.41) is 0.300. The summed E-state index contributed by atoms with van der Waals surface area (Å²) in [5.74, 6) is -12.3. The fourth-order valence-corrected chi connectivity index (χ4v) is 3.99. The number of fused-ring (bicyclic) bond motifs is 1. The van der Waals surface area contributed by atoms with Gasteiger partial charge in [0.25, 0.3) is 5.91 Å². The molecular formula is C22H13ClF5NO. The number of carbonyl (C=O) groups is 1. The summed E-state index contributed by atoms with van der Waals surface area (Å²) in [5.41, 5.74) is 0.546. The molecule has 3 aromatic rings. The predicted molar refractivity (Wildman–Crippen MR) is 101 cm³/mol. The second kappa shape index (κ2) is 7.72. The SMILES string of the molecule is O=C(c1c(F)c(F)c(F)c(F)c1F)N1CCc2ccccc2C1c1ccccc1Cl. The van der Waals surface area contributed by atoms with E-state index in [1.807, 2.05) is 12.1 Å². The van der Waals surface area contributed by atoms with Crippen molar-refractivity contribution >= 4 is 17.5 Å². The molecule has 2 nitrogen and oxygen atoms in total. The van der Waals surface area contributed by atoms with Gasteiger partial charge in [0.15, 0.2) is 23.3 Å². The average Bonchev–Trinajstić information content (AvgIpc) is 2.76. The van der Waals surface area contributed by atoms with Gasteiger partial charge in [-0.15, -0.1) is 0 Å². The van der Waals surface area contributed by atoms with Crippen molar-refractivity contribution in [3.8, 4) is 0 Å². The molecule has 30 heavy (non-hydrogen) atoms. The molecule has 0 N–H and O–H groups in total. The second-order valence-corrected chi connectivity index (χ2v) is 7.22. The third-order valence-electron chi connectivity index (χ3n) is 5.17. The highest BCUT2D eigenvalue weighted by molar-refractivity contribution is 6.31. The Labute approximate surface area is 173 Å². The summed E-state index contributed by atoms with van der Waals surface area (Å²) in [6.07, 6.45) is 0.345. The van der Waals surface area contributed by atoms with Crippen LogP contribution in [0.5, 0.6) is 0 Å². The molecule has 1 atom stereocenters. The Kier molecular flexibility index (Phi) is 5.24. The Morgan fingerprint density at radius 1 is 0.800 bits per heavy atom. The molecule has 154 valence electrons. The fourth-order valence-electron chi connectivity index (χ4n) is 3.75. The van der Waals surface area contributed by atoms with Crippen molar-refractivity contribution in [1.29, 1.82) is 0 Å². The zero-order valence-corrected chi connectivity index (χ0v) is 16.0. The van der Waals surface area contributed by atoms with E-state index in [4.69, 9.17) is 11.6 Å². The highest BCUT2D eigenvalue weighted by atomic mass is 35.5. The minimum Gasteiger partial charge on any atom is -0.327 e. The first-order valence-corrected chi connectivity index (χ1v) is 9.35. The van der Waals surface area contributed by atoms with Gasteiger partial charge in [0.05, 0.1) is 6.04 Å². The van der Waals surface area contributed by atoms with Crippen molar-refractivity contribution in [3.63, 3.8) is 0 Å². The lowest BCUT2D eigenvalue weighted by Gasteiger charge is -2.38. The van der Waals surface area contributed by atoms with Gasteiger partial charge in [-0.3, -0.25) is 4.79 Å². The highest BCUT2D eigenvalue weighted by Crippen LogP contribution is 2.39. The summed E-state index contributed by atoms with van der Waals surface area (Å²) in [6.45, 7) is 0.00519. The van der Waals surface area contributed by atoms with Crippen molar-refractivity contribution in [2.45, 2.75) is 12.5 Å². The van der Waals surface area contributed by atoms with E-state index in [0.717, 1.165) is 10.5 Å². The topological polar surface area (TPSA) is 20.3 Å². The third-order valence-corrected chi connectivity index (χ3v) is 5.51. The van der Waals surface area contributed by atoms with Crippen LogP contribution in [0.15, 0.2) is 48.5 Å². The predicted octanol–water partition coefficient (Wildman–Crippen LogP) is 5.82. The van der Waals surface area contributed by atoms with Crippen LogP contribution >= 0.6 is 11.6 Å². The van der Waals surface area contributed by atoms with Crippen molar-refractivity contribution in [2.75, 3.05) is 6.54 Å². The lowest BCUT2D eigenvalue weighted by atomic mass is 9.87. The minimum atomic E-state index is -2.31. The molecule has 0 radical (unpaired) electrons. The Morgan fingerprint density at radius 2 is 1.33 bits per heavy atom. The van der Waals surface area contributed by atoms with Gasteiger partial charge in [-0.2, -0.15) is 0 Å². The van der Waals surface area contributed by atoms with Gasteiger partial charge in [-0.25, -0.2) is 22.0 Å². The molecular weight excluding hydrogens is 425 g/mol. The molecule has 1 unspecified atom stereocenters. The monoisotopic (exact) mass is 437 g/mol. The van der Waals surface area contributed by atoms with Crippen LogP contribution in [0.1, 0.15) is 33.1 Å².